The fraction of sp³-hybridized carbons (Fsp3) is 0.321. The number of urea groups is 1. The van der Waals surface area contributed by atoms with Crippen LogP contribution in [0.1, 0.15) is 13.8 Å². The van der Waals surface area contributed by atoms with Crippen molar-refractivity contribution < 1.29 is 31.8 Å². The molecule has 0 bridgehead atoms. The molecule has 208 valence electrons. The highest BCUT2D eigenvalue weighted by Crippen LogP contribution is 2.36. The van der Waals surface area contributed by atoms with Crippen LogP contribution in [0.25, 0.3) is 11.1 Å². The first kappa shape index (κ1) is 28.5. The summed E-state index contributed by atoms with van der Waals surface area (Å²) in [7, 11) is -2.46. The predicted molar refractivity (Wildman–Crippen MR) is 144 cm³/mol. The Hall–Kier alpha value is -3.54. The molecule has 3 aromatic carbocycles. The van der Waals surface area contributed by atoms with E-state index in [-0.39, 0.29) is 36.3 Å². The summed E-state index contributed by atoms with van der Waals surface area (Å²) in [5.41, 5.74) is 1.71. The molecule has 3 atom stereocenters. The van der Waals surface area contributed by atoms with E-state index in [9.17, 15) is 27.1 Å². The minimum Gasteiger partial charge on any atom is -0.487 e. The normalized spacial score (nSPS) is 19.6. The molecule has 1 aliphatic heterocycles. The van der Waals surface area contributed by atoms with Gasteiger partial charge in [-0.15, -0.1) is 0 Å². The van der Waals surface area contributed by atoms with Crippen molar-refractivity contribution >= 4 is 21.7 Å². The lowest BCUT2D eigenvalue weighted by molar-refractivity contribution is 0.0830. The zero-order chi connectivity index (χ0) is 28.3. The first-order valence-electron chi connectivity index (χ1n) is 12.5. The minimum absolute atomic E-state index is 0.0568. The fourth-order valence-electron chi connectivity index (χ4n) is 4.37. The van der Waals surface area contributed by atoms with Gasteiger partial charge < -0.3 is 20.1 Å². The zero-order valence-corrected chi connectivity index (χ0v) is 22.7. The van der Waals surface area contributed by atoms with Crippen molar-refractivity contribution in [3.63, 3.8) is 0 Å². The number of amides is 2. The third kappa shape index (κ3) is 6.38. The summed E-state index contributed by atoms with van der Waals surface area (Å²) in [6, 6.07) is 14.7. The van der Waals surface area contributed by atoms with Gasteiger partial charge in [0.1, 0.15) is 28.4 Å². The number of halogens is 2. The smallest absolute Gasteiger partial charge is 0.321 e. The van der Waals surface area contributed by atoms with Crippen molar-refractivity contribution in [2.24, 2.45) is 5.92 Å². The lowest BCUT2D eigenvalue weighted by Gasteiger charge is -2.37. The maximum atomic E-state index is 13.7. The Morgan fingerprint density at radius 1 is 1.08 bits per heavy atom. The topological polar surface area (TPSA) is 99.2 Å². The number of carbonyl (C=O) groups excluding carboxylic acids is 1. The fourth-order valence-corrected chi connectivity index (χ4v) is 6.20. The number of sulfonamides is 1. The van der Waals surface area contributed by atoms with Gasteiger partial charge in [-0.05, 0) is 66.6 Å². The SMILES string of the molecule is C[C@H]1CN([C@@H](C)CO)S(=O)(=O)c2ccc(-c3ccc(F)cc3)cc2O[C@H]1CN(C)C(=O)Nc1ccc(F)cc1. The van der Waals surface area contributed by atoms with Crippen LogP contribution in [0.15, 0.2) is 71.6 Å². The van der Waals surface area contributed by atoms with Gasteiger partial charge in [0, 0.05) is 31.2 Å². The van der Waals surface area contributed by atoms with E-state index in [0.29, 0.717) is 16.8 Å². The van der Waals surface area contributed by atoms with Crippen molar-refractivity contribution in [1.29, 1.82) is 0 Å². The highest BCUT2D eigenvalue weighted by atomic mass is 32.2. The Kier molecular flexibility index (Phi) is 8.53. The van der Waals surface area contributed by atoms with Crippen molar-refractivity contribution in [2.75, 3.05) is 32.1 Å². The standard InChI is InChI=1S/C28H31F2N3O5S/c1-18-15-33(19(2)17-34)39(36,37)27-13-6-21(20-4-7-22(29)8-5-20)14-25(27)38-26(18)16-32(3)28(35)31-24-11-9-23(30)10-12-24/h4-14,18-19,26,34H,15-17H2,1-3H3,(H,31,35)/t18-,19-,26-/m0/s1. The van der Waals surface area contributed by atoms with Crippen LogP contribution in [0.5, 0.6) is 5.75 Å². The van der Waals surface area contributed by atoms with Crippen LogP contribution in [0, 0.1) is 17.6 Å². The van der Waals surface area contributed by atoms with Gasteiger partial charge in [-0.1, -0.05) is 25.1 Å². The largest absolute Gasteiger partial charge is 0.487 e. The van der Waals surface area contributed by atoms with Crippen LogP contribution in [-0.4, -0.2) is 67.7 Å². The number of carbonyl (C=O) groups is 1. The Morgan fingerprint density at radius 2 is 1.67 bits per heavy atom. The lowest BCUT2D eigenvalue weighted by atomic mass is 10.0. The van der Waals surface area contributed by atoms with Crippen molar-refractivity contribution in [1.82, 2.24) is 9.21 Å². The van der Waals surface area contributed by atoms with Crippen molar-refractivity contribution in [3.8, 4) is 16.9 Å². The van der Waals surface area contributed by atoms with Crippen LogP contribution in [0.4, 0.5) is 19.3 Å². The molecule has 1 heterocycles. The molecule has 2 amide bonds. The van der Waals surface area contributed by atoms with Crippen LogP contribution in [-0.2, 0) is 10.0 Å². The average Bonchev–Trinajstić information content (AvgIpc) is 2.91. The van der Waals surface area contributed by atoms with Crippen LogP contribution in [0.3, 0.4) is 0 Å². The number of likely N-dealkylation sites (N-methyl/N-ethyl adjacent to an activating group) is 1. The molecule has 1 aliphatic rings. The second-order valence-electron chi connectivity index (χ2n) is 9.73. The molecule has 39 heavy (non-hydrogen) atoms. The second-order valence-corrected chi connectivity index (χ2v) is 11.6. The van der Waals surface area contributed by atoms with Gasteiger partial charge in [0.2, 0.25) is 10.0 Å². The van der Waals surface area contributed by atoms with E-state index in [1.807, 2.05) is 6.92 Å². The van der Waals surface area contributed by atoms with Gasteiger partial charge >= 0.3 is 6.03 Å². The Labute approximate surface area is 226 Å². The van der Waals surface area contributed by atoms with Crippen LogP contribution < -0.4 is 10.1 Å². The number of anilines is 1. The molecule has 11 heteroatoms. The number of hydrogen-bond acceptors (Lipinski definition) is 5. The summed E-state index contributed by atoms with van der Waals surface area (Å²) in [6.45, 7) is 3.23. The highest BCUT2D eigenvalue weighted by molar-refractivity contribution is 7.89. The Morgan fingerprint density at radius 3 is 2.28 bits per heavy atom. The van der Waals surface area contributed by atoms with Gasteiger partial charge in [0.25, 0.3) is 0 Å². The molecular formula is C28H31F2N3O5S. The van der Waals surface area contributed by atoms with E-state index in [1.165, 1.54) is 51.7 Å². The second kappa shape index (κ2) is 11.7. The molecule has 0 fully saturated rings. The minimum atomic E-state index is -4.04. The summed E-state index contributed by atoms with van der Waals surface area (Å²) in [5.74, 6) is -1.10. The molecule has 8 nitrogen and oxygen atoms in total. The zero-order valence-electron chi connectivity index (χ0n) is 21.8. The number of ether oxygens (including phenoxy) is 1. The quantitative estimate of drug-likeness (QED) is 0.461. The molecule has 0 radical (unpaired) electrons. The number of fused-ring (bicyclic) bond motifs is 1. The molecule has 0 saturated carbocycles. The third-order valence-corrected chi connectivity index (χ3v) is 8.76. The number of hydrogen-bond donors (Lipinski definition) is 2. The molecular weight excluding hydrogens is 528 g/mol. The van der Waals surface area contributed by atoms with E-state index in [2.05, 4.69) is 5.32 Å². The summed E-state index contributed by atoms with van der Waals surface area (Å²) in [4.78, 5) is 14.2. The summed E-state index contributed by atoms with van der Waals surface area (Å²) in [6.07, 6.45) is -0.625. The highest BCUT2D eigenvalue weighted by Gasteiger charge is 2.38. The first-order chi connectivity index (χ1) is 18.5. The van der Waals surface area contributed by atoms with Gasteiger partial charge in [-0.3, -0.25) is 0 Å². The lowest BCUT2D eigenvalue weighted by Crippen LogP contribution is -2.50. The van der Waals surface area contributed by atoms with E-state index in [4.69, 9.17) is 4.74 Å². The van der Waals surface area contributed by atoms with E-state index in [0.717, 1.165) is 0 Å². The monoisotopic (exact) mass is 559 g/mol. The van der Waals surface area contributed by atoms with E-state index in [1.54, 1.807) is 38.2 Å². The molecule has 0 saturated heterocycles. The molecule has 2 N–H and O–H groups in total. The molecule has 4 rings (SSSR count). The summed E-state index contributed by atoms with van der Waals surface area (Å²) < 4.78 is 61.6. The molecule has 3 aromatic rings. The molecule has 0 aromatic heterocycles. The number of nitrogens with zero attached hydrogens (tertiary/aromatic N) is 2. The van der Waals surface area contributed by atoms with Gasteiger partial charge in [-0.2, -0.15) is 4.31 Å². The number of aliphatic hydroxyl groups excluding tert-OH is 1. The van der Waals surface area contributed by atoms with Crippen molar-refractivity contribution in [3.05, 3.63) is 78.4 Å². The Bertz CT molecular complexity index is 1420. The molecule has 0 spiro atoms. The van der Waals surface area contributed by atoms with Gasteiger partial charge in [0.15, 0.2) is 0 Å². The average molecular weight is 560 g/mol. The van der Waals surface area contributed by atoms with Crippen LogP contribution in [0.2, 0.25) is 0 Å². The number of benzene rings is 3. The summed E-state index contributed by atoms with van der Waals surface area (Å²) >= 11 is 0. The van der Waals surface area contributed by atoms with Crippen LogP contribution >= 0.6 is 0 Å². The third-order valence-electron chi connectivity index (χ3n) is 6.74. The molecule has 0 aliphatic carbocycles. The predicted octanol–water partition coefficient (Wildman–Crippen LogP) is 4.56. The van der Waals surface area contributed by atoms with Gasteiger partial charge in [-0.25, -0.2) is 22.0 Å². The number of rotatable bonds is 6. The Balaban J connectivity index is 1.68. The first-order valence-corrected chi connectivity index (χ1v) is 13.9. The maximum absolute atomic E-state index is 13.7. The maximum Gasteiger partial charge on any atom is 0.321 e. The number of nitrogens with one attached hydrogen (secondary N) is 1. The van der Waals surface area contributed by atoms with Gasteiger partial charge in [0.05, 0.1) is 13.2 Å². The molecule has 0 unspecified atom stereocenters. The van der Waals surface area contributed by atoms with E-state index < -0.39 is 39.8 Å². The summed E-state index contributed by atoms with van der Waals surface area (Å²) in [5, 5.41) is 12.5. The number of aliphatic hydroxyl groups is 1. The van der Waals surface area contributed by atoms with Crippen molar-refractivity contribution in [2.45, 2.75) is 30.9 Å². The van der Waals surface area contributed by atoms with E-state index >= 15 is 0 Å².